The molecule has 0 saturated carbocycles. The standard InChI is InChI=1S/C13H16BrNO4/c1-8-6-15(7-9(5-14)19-8)13(18)12-10(16)3-2-4-11(12)17/h2-4,8-9,16-17H,5-7H2,1H3. The van der Waals surface area contributed by atoms with Crippen LogP contribution in [0, 0.1) is 0 Å². The smallest absolute Gasteiger partial charge is 0.261 e. The molecule has 5 nitrogen and oxygen atoms in total. The van der Waals surface area contributed by atoms with Gasteiger partial charge in [-0.25, -0.2) is 0 Å². The van der Waals surface area contributed by atoms with Crippen LogP contribution < -0.4 is 0 Å². The van der Waals surface area contributed by atoms with E-state index in [9.17, 15) is 15.0 Å². The first kappa shape index (κ1) is 14.1. The predicted octanol–water partition coefficient (Wildman–Crippen LogP) is 1.72. The van der Waals surface area contributed by atoms with Crippen molar-refractivity contribution >= 4 is 21.8 Å². The molecule has 0 aliphatic carbocycles. The number of benzene rings is 1. The van der Waals surface area contributed by atoms with Crippen molar-refractivity contribution in [3.63, 3.8) is 0 Å². The molecule has 1 aliphatic rings. The van der Waals surface area contributed by atoms with E-state index in [1.54, 1.807) is 4.90 Å². The number of morpholine rings is 1. The largest absolute Gasteiger partial charge is 0.507 e. The van der Waals surface area contributed by atoms with Gasteiger partial charge in [-0.2, -0.15) is 0 Å². The Morgan fingerprint density at radius 1 is 1.42 bits per heavy atom. The SMILES string of the molecule is CC1CN(C(=O)c2c(O)cccc2O)CC(CBr)O1. The lowest BCUT2D eigenvalue weighted by Gasteiger charge is -2.36. The summed E-state index contributed by atoms with van der Waals surface area (Å²) in [5.74, 6) is -0.796. The van der Waals surface area contributed by atoms with Gasteiger partial charge in [0.15, 0.2) is 0 Å². The molecule has 1 amide bonds. The van der Waals surface area contributed by atoms with E-state index >= 15 is 0 Å². The normalized spacial score (nSPS) is 23.4. The maximum absolute atomic E-state index is 12.4. The number of carbonyl (C=O) groups excluding carboxylic acids is 1. The quantitative estimate of drug-likeness (QED) is 0.810. The van der Waals surface area contributed by atoms with E-state index in [1.165, 1.54) is 18.2 Å². The molecular formula is C13H16BrNO4. The van der Waals surface area contributed by atoms with Gasteiger partial charge < -0.3 is 19.8 Å². The monoisotopic (exact) mass is 329 g/mol. The van der Waals surface area contributed by atoms with E-state index in [-0.39, 0.29) is 35.2 Å². The van der Waals surface area contributed by atoms with Crippen LogP contribution in [0.5, 0.6) is 11.5 Å². The zero-order valence-corrected chi connectivity index (χ0v) is 12.1. The van der Waals surface area contributed by atoms with Gasteiger partial charge >= 0.3 is 0 Å². The van der Waals surface area contributed by atoms with Gasteiger partial charge in [-0.05, 0) is 19.1 Å². The summed E-state index contributed by atoms with van der Waals surface area (Å²) < 4.78 is 5.65. The molecule has 0 spiro atoms. The molecule has 1 aliphatic heterocycles. The van der Waals surface area contributed by atoms with Crippen molar-refractivity contribution in [2.45, 2.75) is 19.1 Å². The highest BCUT2D eigenvalue weighted by Gasteiger charge is 2.30. The van der Waals surface area contributed by atoms with E-state index in [1.807, 2.05) is 6.92 Å². The van der Waals surface area contributed by atoms with Crippen molar-refractivity contribution in [3.8, 4) is 11.5 Å². The lowest BCUT2D eigenvalue weighted by Crippen LogP contribution is -2.49. The maximum Gasteiger partial charge on any atom is 0.261 e. The van der Waals surface area contributed by atoms with E-state index in [0.29, 0.717) is 18.4 Å². The highest BCUT2D eigenvalue weighted by atomic mass is 79.9. The fraction of sp³-hybridized carbons (Fsp3) is 0.462. The third-order valence-electron chi connectivity index (χ3n) is 3.02. The minimum atomic E-state index is -0.378. The van der Waals surface area contributed by atoms with Gasteiger partial charge in [-0.1, -0.05) is 22.0 Å². The zero-order valence-electron chi connectivity index (χ0n) is 10.5. The number of hydrogen-bond donors (Lipinski definition) is 2. The number of halogens is 1. The molecule has 2 rings (SSSR count). The highest BCUT2D eigenvalue weighted by molar-refractivity contribution is 9.09. The molecule has 2 unspecified atom stereocenters. The van der Waals surface area contributed by atoms with E-state index < -0.39 is 0 Å². The molecule has 1 fully saturated rings. The van der Waals surface area contributed by atoms with Crippen LogP contribution in [0.4, 0.5) is 0 Å². The first-order valence-electron chi connectivity index (χ1n) is 6.04. The molecule has 1 aromatic rings. The van der Waals surface area contributed by atoms with E-state index in [0.717, 1.165) is 0 Å². The molecular weight excluding hydrogens is 314 g/mol. The molecule has 2 N–H and O–H groups in total. The molecule has 0 aromatic heterocycles. The topological polar surface area (TPSA) is 70.0 Å². The number of aromatic hydroxyl groups is 2. The van der Waals surface area contributed by atoms with Crippen molar-refractivity contribution in [3.05, 3.63) is 23.8 Å². The second-order valence-electron chi connectivity index (χ2n) is 4.60. The Hall–Kier alpha value is -1.27. The average Bonchev–Trinajstić information content (AvgIpc) is 2.37. The van der Waals surface area contributed by atoms with Crippen molar-refractivity contribution in [2.24, 2.45) is 0 Å². The number of phenols is 2. The molecule has 0 radical (unpaired) electrons. The molecule has 19 heavy (non-hydrogen) atoms. The first-order chi connectivity index (χ1) is 9.02. The number of phenolic OH excluding ortho intramolecular Hbond substituents is 2. The highest BCUT2D eigenvalue weighted by Crippen LogP contribution is 2.28. The second kappa shape index (κ2) is 5.79. The van der Waals surface area contributed by atoms with Gasteiger partial charge in [0, 0.05) is 18.4 Å². The lowest BCUT2D eigenvalue weighted by atomic mass is 10.1. The number of rotatable bonds is 2. The molecule has 1 heterocycles. The number of carbonyl (C=O) groups is 1. The van der Waals surface area contributed by atoms with Crippen molar-refractivity contribution in [1.29, 1.82) is 0 Å². The average molecular weight is 330 g/mol. The van der Waals surface area contributed by atoms with Gasteiger partial charge in [-0.15, -0.1) is 0 Å². The summed E-state index contributed by atoms with van der Waals surface area (Å²) >= 11 is 3.34. The molecule has 1 saturated heterocycles. The number of amides is 1. The van der Waals surface area contributed by atoms with Crippen LogP contribution in [0.1, 0.15) is 17.3 Å². The fourth-order valence-corrected chi connectivity index (χ4v) is 2.56. The van der Waals surface area contributed by atoms with Crippen LogP contribution in [0.25, 0.3) is 0 Å². The van der Waals surface area contributed by atoms with Gasteiger partial charge in [0.05, 0.1) is 12.2 Å². The zero-order chi connectivity index (χ0) is 14.0. The Bertz CT molecular complexity index is 459. The van der Waals surface area contributed by atoms with Crippen molar-refractivity contribution in [1.82, 2.24) is 4.90 Å². The number of ether oxygens (including phenoxy) is 1. The van der Waals surface area contributed by atoms with E-state index in [4.69, 9.17) is 4.74 Å². The third-order valence-corrected chi connectivity index (χ3v) is 3.74. The predicted molar refractivity (Wildman–Crippen MR) is 73.8 cm³/mol. The Morgan fingerprint density at radius 2 is 2.05 bits per heavy atom. The van der Waals surface area contributed by atoms with Crippen LogP contribution in [0.2, 0.25) is 0 Å². The Balaban J connectivity index is 2.24. The van der Waals surface area contributed by atoms with Gasteiger partial charge in [0.2, 0.25) is 0 Å². The summed E-state index contributed by atoms with van der Waals surface area (Å²) in [5.41, 5.74) is -0.0510. The third kappa shape index (κ3) is 3.01. The van der Waals surface area contributed by atoms with Gasteiger partial charge in [0.25, 0.3) is 5.91 Å². The number of nitrogens with zero attached hydrogens (tertiary/aromatic N) is 1. The Morgan fingerprint density at radius 3 is 2.63 bits per heavy atom. The van der Waals surface area contributed by atoms with Crippen LogP contribution in [0.3, 0.4) is 0 Å². The van der Waals surface area contributed by atoms with Crippen LogP contribution >= 0.6 is 15.9 Å². The molecule has 0 bridgehead atoms. The molecule has 2 atom stereocenters. The Kier molecular flexibility index (Phi) is 4.31. The minimum Gasteiger partial charge on any atom is -0.507 e. The maximum atomic E-state index is 12.4. The van der Waals surface area contributed by atoms with Crippen LogP contribution in [0.15, 0.2) is 18.2 Å². The summed E-state index contributed by atoms with van der Waals surface area (Å²) in [7, 11) is 0. The molecule has 6 heteroatoms. The second-order valence-corrected chi connectivity index (χ2v) is 5.25. The summed E-state index contributed by atoms with van der Waals surface area (Å²) in [6.07, 6.45) is -0.158. The first-order valence-corrected chi connectivity index (χ1v) is 7.16. The van der Waals surface area contributed by atoms with E-state index in [2.05, 4.69) is 15.9 Å². The Labute approximate surface area is 119 Å². The van der Waals surface area contributed by atoms with Crippen molar-refractivity contribution < 1.29 is 19.7 Å². The van der Waals surface area contributed by atoms with Crippen molar-refractivity contribution in [2.75, 3.05) is 18.4 Å². The molecule has 104 valence electrons. The number of hydrogen-bond acceptors (Lipinski definition) is 4. The summed E-state index contributed by atoms with van der Waals surface area (Å²) in [4.78, 5) is 14.0. The number of alkyl halides is 1. The minimum absolute atomic E-state index is 0.0510. The van der Waals surface area contributed by atoms with Gasteiger partial charge in [0.1, 0.15) is 17.1 Å². The van der Waals surface area contributed by atoms with Gasteiger partial charge in [-0.3, -0.25) is 4.79 Å². The summed E-state index contributed by atoms with van der Waals surface area (Å²) in [6.45, 7) is 2.76. The van der Waals surface area contributed by atoms with Crippen LogP contribution in [-0.4, -0.2) is 51.6 Å². The lowest BCUT2D eigenvalue weighted by molar-refractivity contribution is -0.0560. The van der Waals surface area contributed by atoms with Crippen LogP contribution in [-0.2, 0) is 4.74 Å². The molecule has 1 aromatic carbocycles. The summed E-state index contributed by atoms with van der Waals surface area (Å²) in [6, 6.07) is 4.27. The fourth-order valence-electron chi connectivity index (χ4n) is 2.20. The summed E-state index contributed by atoms with van der Waals surface area (Å²) in [5, 5.41) is 20.1.